The van der Waals surface area contributed by atoms with Gasteiger partial charge in [0, 0.05) is 66.7 Å². The van der Waals surface area contributed by atoms with Gasteiger partial charge in [0.1, 0.15) is 28.2 Å². The van der Waals surface area contributed by atoms with Gasteiger partial charge in [0.15, 0.2) is 24.8 Å². The van der Waals surface area contributed by atoms with Crippen molar-refractivity contribution < 1.29 is 18.3 Å². The van der Waals surface area contributed by atoms with E-state index < -0.39 is 0 Å². The fourth-order valence-corrected chi connectivity index (χ4v) is 25.4. The lowest BCUT2D eigenvalue weighted by molar-refractivity contribution is -0.661. The van der Waals surface area contributed by atoms with Gasteiger partial charge in [-0.05, 0) is 312 Å². The average molecular weight is 1660 g/mol. The summed E-state index contributed by atoms with van der Waals surface area (Å²) < 4.78 is 9.61. The molecule has 12 aromatic rings. The fraction of sp³-hybridized carbons (Fsp3) is 0.438. The Balaban J connectivity index is 0.000000118. The molecule has 0 saturated heterocycles. The molecular weight excluding hydrogens is 1510 g/mol. The van der Waals surface area contributed by atoms with Crippen LogP contribution in [0.5, 0.6) is 0 Å². The third-order valence-corrected chi connectivity index (χ3v) is 34.7. The summed E-state index contributed by atoms with van der Waals surface area (Å²) in [6.45, 7) is 77.0. The van der Waals surface area contributed by atoms with Crippen LogP contribution in [0.4, 0.5) is 0 Å². The number of aryl methyl sites for hydroxylation is 7. The van der Waals surface area contributed by atoms with E-state index in [0.29, 0.717) is 5.92 Å². The molecule has 0 amide bonds. The number of benzene rings is 8. The quantitative estimate of drug-likeness (QED) is 0.157. The Hall–Kier alpha value is -9.64. The Morgan fingerprint density at radius 3 is 0.912 bits per heavy atom. The number of hydrogen-bond acceptors (Lipinski definition) is 0. The summed E-state index contributed by atoms with van der Waals surface area (Å²) in [6.07, 6.45) is 15.7. The van der Waals surface area contributed by atoms with Crippen molar-refractivity contribution in [2.45, 2.75) is 309 Å². The molecule has 4 nitrogen and oxygen atoms in total. The van der Waals surface area contributed by atoms with Gasteiger partial charge in [-0.2, -0.15) is 0 Å². The average Bonchev–Trinajstić information content (AvgIpc) is 1.54. The van der Waals surface area contributed by atoms with Crippen LogP contribution in [-0.2, 0) is 110 Å². The van der Waals surface area contributed by atoms with Crippen LogP contribution < -0.4 is 18.3 Å². The van der Waals surface area contributed by atoms with E-state index in [1.165, 1.54) is 212 Å². The van der Waals surface area contributed by atoms with Crippen molar-refractivity contribution in [1.29, 1.82) is 0 Å². The maximum atomic E-state index is 2.55. The molecular formula is C121H146N4+4. The van der Waals surface area contributed by atoms with Gasteiger partial charge in [-0.15, -0.1) is 0 Å². The zero-order valence-corrected chi connectivity index (χ0v) is 83.5. The van der Waals surface area contributed by atoms with E-state index in [0.717, 1.165) is 38.5 Å². The highest BCUT2D eigenvalue weighted by Gasteiger charge is 2.57. The predicted molar refractivity (Wildman–Crippen MR) is 528 cm³/mol. The van der Waals surface area contributed by atoms with E-state index in [1.807, 2.05) is 0 Å². The lowest BCUT2D eigenvalue weighted by Gasteiger charge is -2.48. The first kappa shape index (κ1) is 87.4. The largest absolute Gasteiger partial charge is 0.216 e. The van der Waals surface area contributed by atoms with Crippen molar-refractivity contribution >= 4 is 0 Å². The van der Waals surface area contributed by atoms with Crippen molar-refractivity contribution in [2.24, 2.45) is 39.0 Å². The molecule has 0 N–H and O–H groups in total. The van der Waals surface area contributed by atoms with Crippen LogP contribution in [0.15, 0.2) is 152 Å². The van der Waals surface area contributed by atoms with Crippen LogP contribution in [0.1, 0.15) is 322 Å². The Bertz CT molecular complexity index is 6630. The molecule has 20 rings (SSSR count). The molecule has 0 bridgehead atoms. The van der Waals surface area contributed by atoms with Crippen molar-refractivity contribution in [2.75, 3.05) is 0 Å². The minimum atomic E-state index is 0.0124. The molecule has 0 aliphatic heterocycles. The van der Waals surface area contributed by atoms with E-state index in [2.05, 4.69) is 420 Å². The number of hydrogen-bond donors (Lipinski definition) is 0. The molecule has 4 heteroatoms. The normalized spacial score (nSPS) is 17.3. The molecule has 8 aromatic carbocycles. The molecule has 4 aromatic heterocycles. The zero-order valence-electron chi connectivity index (χ0n) is 83.5. The second-order valence-electron chi connectivity index (χ2n) is 46.9. The SMILES string of the molecule is Cc1c2c(cc3c1-c1c(c(CC(C)(C)C)cc[n+]1C)C(C)(C)C3(C)C)-c1ccccc1C2.Cc1c[n+](C)c2c(c1C(C)C)C(C)(C)C(C)(C)c1cc3c(c(C)c1-2)Cc1ccccc1-3.Cc1c[n+](C)c2c(c1C)C(C)(C)C(C)(C)c1cc3c(c(C)c1-2)Cc1ccccc1-3.Cc1c[n+](C)c2c(c1CC(C)(C)C)C(C)(C)C(C)(C)c1cc3c(c(C)c1-2)Cc1ccccc1-3. The van der Waals surface area contributed by atoms with Crippen LogP contribution in [0.3, 0.4) is 0 Å². The highest BCUT2D eigenvalue weighted by atomic mass is 15.0. The molecule has 8 aliphatic carbocycles. The highest BCUT2D eigenvalue weighted by Crippen LogP contribution is 2.64. The summed E-state index contributed by atoms with van der Waals surface area (Å²) in [4.78, 5) is 0. The summed E-state index contributed by atoms with van der Waals surface area (Å²) in [6, 6.07) is 48.5. The van der Waals surface area contributed by atoms with Crippen LogP contribution >= 0.6 is 0 Å². The number of rotatable bonds is 3. The predicted octanol–water partition coefficient (Wildman–Crippen LogP) is 28.0. The minimum Gasteiger partial charge on any atom is -0.201 e. The number of fused-ring (bicyclic) bond motifs is 24. The van der Waals surface area contributed by atoms with Gasteiger partial charge in [0.05, 0.1) is 22.3 Å². The van der Waals surface area contributed by atoms with Crippen molar-refractivity contribution in [1.82, 2.24) is 0 Å². The first-order valence-corrected chi connectivity index (χ1v) is 47.3. The number of aromatic nitrogens is 4. The molecule has 0 atom stereocenters. The standard InChI is InChI=1S/C32H40N.C31H38N.C30H36N.C28H32N/c1-19-18-33(10)29-27-20(2)23-15-21-13-11-12-14-22(21)24(23)16-26(27)31(6,7)32(8,9)28(29)25(19)17-30(3,4)5;1-19-23-16-20-12-10-11-13-22(20)24(23)17-25-26(19)28-27(31(7,8)30(25,5)6)21(14-15-32(28)9)18-29(2,3)4;1-17(2)25-18(3)16-31(9)28-26-19(4)22-14-20-12-10-11-13-21(20)23(22)15-24(26)29(5,6)30(7,8)27(25)28;1-16-15-29(8)26-24-18(3)21-13-19-11-9-10-12-20(19)22(21)14-23(24)27(4,5)28(6,7)25(26)17(16)2/h11-14,16,18H,15,17H2,1-10H3;10-15,17H,16,18H2,1-9H3;10-13,15-17H,14H2,1-9H3;9-12,14-15H,13H2,1-8H3/q4*+1. The molecule has 8 aliphatic rings. The molecule has 646 valence electrons. The fourth-order valence-electron chi connectivity index (χ4n) is 25.4. The van der Waals surface area contributed by atoms with Crippen molar-refractivity contribution in [3.8, 4) is 89.5 Å². The second-order valence-corrected chi connectivity index (χ2v) is 46.9. The van der Waals surface area contributed by atoms with E-state index in [4.69, 9.17) is 0 Å². The van der Waals surface area contributed by atoms with E-state index in [-0.39, 0.29) is 54.1 Å². The molecule has 4 heterocycles. The molecule has 0 saturated carbocycles. The number of nitrogens with zero attached hydrogens (tertiary/aromatic N) is 4. The summed E-state index contributed by atoms with van der Waals surface area (Å²) in [5, 5.41) is 0. The summed E-state index contributed by atoms with van der Waals surface area (Å²) in [7, 11) is 8.96. The summed E-state index contributed by atoms with van der Waals surface area (Å²) >= 11 is 0. The third kappa shape index (κ3) is 12.7. The van der Waals surface area contributed by atoms with Gasteiger partial charge in [-0.25, -0.2) is 18.3 Å². The van der Waals surface area contributed by atoms with E-state index in [9.17, 15) is 0 Å². The monoisotopic (exact) mass is 1660 g/mol. The van der Waals surface area contributed by atoms with Gasteiger partial charge in [0.2, 0.25) is 22.8 Å². The molecule has 0 spiro atoms. The first-order chi connectivity index (χ1) is 58.1. The van der Waals surface area contributed by atoms with Gasteiger partial charge >= 0.3 is 0 Å². The van der Waals surface area contributed by atoms with Crippen LogP contribution in [0.25, 0.3) is 89.5 Å². The van der Waals surface area contributed by atoms with Crippen LogP contribution in [-0.4, -0.2) is 0 Å². The van der Waals surface area contributed by atoms with Gasteiger partial charge < -0.3 is 0 Å². The van der Waals surface area contributed by atoms with Gasteiger partial charge in [-0.1, -0.05) is 263 Å². The van der Waals surface area contributed by atoms with E-state index in [1.54, 1.807) is 27.8 Å². The van der Waals surface area contributed by atoms with Crippen LogP contribution in [0.2, 0.25) is 0 Å². The zero-order chi connectivity index (χ0) is 90.6. The summed E-state index contributed by atoms with van der Waals surface area (Å²) in [5.74, 6) is 0.505. The molecule has 0 radical (unpaired) electrons. The van der Waals surface area contributed by atoms with Crippen molar-refractivity contribution in [3.05, 3.63) is 302 Å². The third-order valence-electron chi connectivity index (χ3n) is 34.7. The Kier molecular flexibility index (Phi) is 20.2. The second kappa shape index (κ2) is 28.9. The highest BCUT2D eigenvalue weighted by molar-refractivity contribution is 5.92. The topological polar surface area (TPSA) is 15.5 Å². The maximum Gasteiger partial charge on any atom is 0.216 e. The number of pyridine rings is 4. The molecule has 125 heavy (non-hydrogen) atoms. The Morgan fingerprint density at radius 1 is 0.296 bits per heavy atom. The lowest BCUT2D eigenvalue weighted by atomic mass is 9.54. The van der Waals surface area contributed by atoms with Crippen LogP contribution in [0, 0.1) is 66.2 Å². The Morgan fingerprint density at radius 2 is 0.576 bits per heavy atom. The van der Waals surface area contributed by atoms with Crippen molar-refractivity contribution in [3.63, 3.8) is 0 Å². The first-order valence-electron chi connectivity index (χ1n) is 47.3. The maximum absolute atomic E-state index is 2.55. The molecule has 0 unspecified atom stereocenters. The smallest absolute Gasteiger partial charge is 0.201 e. The van der Waals surface area contributed by atoms with E-state index >= 15 is 0 Å². The molecule has 0 fully saturated rings. The van der Waals surface area contributed by atoms with Gasteiger partial charge in [-0.3, -0.25) is 0 Å². The summed E-state index contributed by atoms with van der Waals surface area (Å²) in [5.41, 5.74) is 64.2. The van der Waals surface area contributed by atoms with Gasteiger partial charge in [0.25, 0.3) is 0 Å². The Labute approximate surface area is 753 Å². The lowest BCUT2D eigenvalue weighted by Crippen LogP contribution is -2.49. The minimum absolute atomic E-state index is 0.0124.